The van der Waals surface area contributed by atoms with Crippen molar-refractivity contribution in [2.45, 2.75) is 25.3 Å². The maximum Gasteiger partial charge on any atom is 0.0797 e. The quantitative estimate of drug-likeness (QED) is 0.734. The fourth-order valence-electron chi connectivity index (χ4n) is 1.33. The third-order valence-corrected chi connectivity index (χ3v) is 2.82. The number of hydrogen-bond acceptors (Lipinski definition) is 3. The third-order valence-electron chi connectivity index (χ3n) is 1.92. The van der Waals surface area contributed by atoms with E-state index in [0.717, 1.165) is 19.3 Å². The van der Waals surface area contributed by atoms with Gasteiger partial charge in [-0.25, -0.2) is 4.98 Å². The van der Waals surface area contributed by atoms with Crippen LogP contribution in [-0.4, -0.2) is 11.0 Å². The van der Waals surface area contributed by atoms with Crippen LogP contribution in [0.1, 0.15) is 17.0 Å². The van der Waals surface area contributed by atoms with Gasteiger partial charge in [0.05, 0.1) is 11.2 Å². The van der Waals surface area contributed by atoms with E-state index in [4.69, 9.17) is 5.73 Å². The highest BCUT2D eigenvalue weighted by atomic mass is 35.5. The van der Waals surface area contributed by atoms with Gasteiger partial charge in [-0.05, 0) is 19.3 Å². The molecule has 0 unspecified atom stereocenters. The number of thiazole rings is 1. The van der Waals surface area contributed by atoms with Crippen molar-refractivity contribution >= 4 is 36.2 Å². The zero-order valence-corrected chi connectivity index (χ0v) is 8.97. The van der Waals surface area contributed by atoms with E-state index in [1.165, 1.54) is 10.6 Å². The predicted molar refractivity (Wildman–Crippen MR) is 56.6 cm³/mol. The molecule has 12 heavy (non-hydrogen) atoms. The summed E-state index contributed by atoms with van der Waals surface area (Å²) in [5.74, 6) is 0. The van der Waals surface area contributed by atoms with Crippen molar-refractivity contribution in [2.24, 2.45) is 5.73 Å². The lowest BCUT2D eigenvalue weighted by Gasteiger charge is -2.15. The molecule has 0 amide bonds. The molecule has 0 radical (unpaired) electrons. The number of aryl methyl sites for hydroxylation is 1. The number of aromatic nitrogens is 1. The van der Waals surface area contributed by atoms with Gasteiger partial charge in [-0.1, -0.05) is 0 Å². The minimum Gasteiger partial charge on any atom is -0.327 e. The van der Waals surface area contributed by atoms with Crippen molar-refractivity contribution in [1.82, 2.24) is 4.98 Å². The first-order chi connectivity index (χ1) is 4.86. The third kappa shape index (κ3) is 2.33. The summed E-state index contributed by atoms with van der Waals surface area (Å²) in [4.78, 5) is 5.66. The highest BCUT2D eigenvalue weighted by Gasteiger charge is 2.16. The van der Waals surface area contributed by atoms with Gasteiger partial charge in [0.2, 0.25) is 0 Å². The lowest BCUT2D eigenvalue weighted by atomic mass is 9.99. The van der Waals surface area contributed by atoms with Crippen LogP contribution >= 0.6 is 36.2 Å². The van der Waals surface area contributed by atoms with Crippen molar-refractivity contribution in [3.05, 3.63) is 16.1 Å². The van der Waals surface area contributed by atoms with Crippen molar-refractivity contribution in [3.8, 4) is 0 Å². The number of nitrogens with two attached hydrogens (primary N) is 1. The summed E-state index contributed by atoms with van der Waals surface area (Å²) in [6.07, 6.45) is 3.23. The Bertz CT molecular complexity index is 239. The van der Waals surface area contributed by atoms with Gasteiger partial charge in [-0.3, -0.25) is 0 Å². The molecule has 70 valence electrons. The minimum absolute atomic E-state index is 0. The predicted octanol–water partition coefficient (Wildman–Crippen LogP) is 1.80. The number of halogens is 2. The lowest BCUT2D eigenvalue weighted by Crippen LogP contribution is -2.26. The maximum absolute atomic E-state index is 5.79. The van der Waals surface area contributed by atoms with E-state index in [1.54, 1.807) is 11.3 Å². The van der Waals surface area contributed by atoms with Crippen molar-refractivity contribution in [2.75, 3.05) is 0 Å². The van der Waals surface area contributed by atoms with Gasteiger partial charge in [0, 0.05) is 10.9 Å². The Morgan fingerprint density at radius 2 is 2.25 bits per heavy atom. The summed E-state index contributed by atoms with van der Waals surface area (Å²) in [6, 6.07) is 0.382. The molecule has 0 saturated heterocycles. The molecule has 1 heterocycles. The van der Waals surface area contributed by atoms with Gasteiger partial charge in [0.15, 0.2) is 0 Å². The average molecular weight is 227 g/mol. The molecule has 1 aromatic rings. The van der Waals surface area contributed by atoms with Crippen LogP contribution in [0.4, 0.5) is 0 Å². The molecule has 2 rings (SSSR count). The SMILES string of the molecule is Cl.Cl.N[C@H]1CCc2ncsc2C1. The van der Waals surface area contributed by atoms with Crippen LogP contribution < -0.4 is 5.73 Å². The summed E-state index contributed by atoms with van der Waals surface area (Å²) in [5.41, 5.74) is 8.99. The molecule has 0 aromatic carbocycles. The summed E-state index contributed by atoms with van der Waals surface area (Å²) >= 11 is 1.74. The van der Waals surface area contributed by atoms with Crippen LogP contribution in [0.3, 0.4) is 0 Å². The van der Waals surface area contributed by atoms with E-state index in [9.17, 15) is 0 Å². The Hall–Kier alpha value is 0.170. The first-order valence-corrected chi connectivity index (χ1v) is 4.41. The van der Waals surface area contributed by atoms with Crippen molar-refractivity contribution < 1.29 is 0 Å². The maximum atomic E-state index is 5.79. The molecule has 1 aliphatic carbocycles. The zero-order chi connectivity index (χ0) is 6.97. The van der Waals surface area contributed by atoms with Gasteiger partial charge in [-0.2, -0.15) is 0 Å². The van der Waals surface area contributed by atoms with Gasteiger partial charge < -0.3 is 5.73 Å². The molecule has 1 aromatic heterocycles. The monoisotopic (exact) mass is 226 g/mol. The molecule has 5 heteroatoms. The van der Waals surface area contributed by atoms with Crippen LogP contribution in [0.25, 0.3) is 0 Å². The van der Waals surface area contributed by atoms with Crippen LogP contribution in [0.5, 0.6) is 0 Å². The fourth-order valence-corrected chi connectivity index (χ4v) is 2.23. The Morgan fingerprint density at radius 3 is 3.00 bits per heavy atom. The molecule has 2 N–H and O–H groups in total. The molecule has 1 atom stereocenters. The van der Waals surface area contributed by atoms with Crippen LogP contribution in [0, 0.1) is 0 Å². The van der Waals surface area contributed by atoms with E-state index in [2.05, 4.69) is 4.98 Å². The van der Waals surface area contributed by atoms with Crippen LogP contribution in [0.15, 0.2) is 5.51 Å². The van der Waals surface area contributed by atoms with E-state index in [-0.39, 0.29) is 24.8 Å². The Kier molecular flexibility index (Phi) is 5.09. The number of rotatable bonds is 0. The highest BCUT2D eigenvalue weighted by Crippen LogP contribution is 2.22. The summed E-state index contributed by atoms with van der Waals surface area (Å²) in [6.45, 7) is 0. The van der Waals surface area contributed by atoms with E-state index < -0.39 is 0 Å². The van der Waals surface area contributed by atoms with E-state index >= 15 is 0 Å². The topological polar surface area (TPSA) is 38.9 Å². The molecular formula is C7H12Cl2N2S. The molecule has 2 nitrogen and oxygen atoms in total. The molecule has 0 bridgehead atoms. The largest absolute Gasteiger partial charge is 0.327 e. The van der Waals surface area contributed by atoms with Gasteiger partial charge in [0.1, 0.15) is 0 Å². The van der Waals surface area contributed by atoms with E-state index in [1.807, 2.05) is 5.51 Å². The lowest BCUT2D eigenvalue weighted by molar-refractivity contribution is 0.576. The van der Waals surface area contributed by atoms with Gasteiger partial charge in [0.25, 0.3) is 0 Å². The second kappa shape index (κ2) is 5.02. The summed E-state index contributed by atoms with van der Waals surface area (Å²) < 4.78 is 0. The second-order valence-corrected chi connectivity index (χ2v) is 3.66. The smallest absolute Gasteiger partial charge is 0.0797 e. The highest BCUT2D eigenvalue weighted by molar-refractivity contribution is 7.09. The van der Waals surface area contributed by atoms with Crippen LogP contribution in [-0.2, 0) is 12.8 Å². The Balaban J connectivity index is 0.000000605. The summed E-state index contributed by atoms with van der Waals surface area (Å²) in [5, 5.41) is 0. The van der Waals surface area contributed by atoms with E-state index in [0.29, 0.717) is 6.04 Å². The Morgan fingerprint density at radius 1 is 1.50 bits per heavy atom. The first-order valence-electron chi connectivity index (χ1n) is 3.53. The molecular weight excluding hydrogens is 215 g/mol. The number of fused-ring (bicyclic) bond motifs is 1. The van der Waals surface area contributed by atoms with Crippen molar-refractivity contribution in [3.63, 3.8) is 0 Å². The minimum atomic E-state index is 0. The van der Waals surface area contributed by atoms with Gasteiger partial charge >= 0.3 is 0 Å². The van der Waals surface area contributed by atoms with Gasteiger partial charge in [-0.15, -0.1) is 36.2 Å². The number of hydrogen-bond donors (Lipinski definition) is 1. The summed E-state index contributed by atoms with van der Waals surface area (Å²) in [7, 11) is 0. The molecule has 0 aliphatic heterocycles. The Labute approximate surface area is 88.4 Å². The van der Waals surface area contributed by atoms with Crippen LogP contribution in [0.2, 0.25) is 0 Å². The first kappa shape index (κ1) is 12.2. The fraction of sp³-hybridized carbons (Fsp3) is 0.571. The second-order valence-electron chi connectivity index (χ2n) is 2.73. The molecule has 0 saturated carbocycles. The average Bonchev–Trinajstić information content (AvgIpc) is 2.33. The molecule has 0 spiro atoms. The molecule has 1 aliphatic rings. The zero-order valence-electron chi connectivity index (χ0n) is 6.53. The van der Waals surface area contributed by atoms with Crippen molar-refractivity contribution in [1.29, 1.82) is 0 Å². The molecule has 0 fully saturated rings. The number of nitrogens with zero attached hydrogens (tertiary/aromatic N) is 1. The normalized spacial score (nSPS) is 20.2. The standard InChI is InChI=1S/C7H10N2S.2ClH/c8-5-1-2-6-7(3-5)10-4-9-6;;/h4-5H,1-3,8H2;2*1H/t5-;;/m0../s1.